The third-order valence-electron chi connectivity index (χ3n) is 3.42. The molecule has 1 saturated carbocycles. The van der Waals surface area contributed by atoms with Crippen molar-refractivity contribution in [3.63, 3.8) is 0 Å². The molecule has 6 nitrogen and oxygen atoms in total. The van der Waals surface area contributed by atoms with Crippen molar-refractivity contribution >= 4 is 19.9 Å². The van der Waals surface area contributed by atoms with E-state index in [1.54, 1.807) is 0 Å². The van der Waals surface area contributed by atoms with E-state index in [4.69, 9.17) is 0 Å². The SMILES string of the molecule is CC1CCC(C#N)(NS(=O)(=O)CCS(C)(=O)=O)CC1. The number of nitrogens with one attached hydrogen (secondary N) is 1. The summed E-state index contributed by atoms with van der Waals surface area (Å²) < 4.78 is 48.1. The lowest BCUT2D eigenvalue weighted by atomic mass is 9.79. The highest BCUT2D eigenvalue weighted by Crippen LogP contribution is 2.31. The lowest BCUT2D eigenvalue weighted by Gasteiger charge is -2.33. The van der Waals surface area contributed by atoms with Gasteiger partial charge in [0.05, 0.1) is 17.6 Å². The fourth-order valence-electron chi connectivity index (χ4n) is 2.10. The van der Waals surface area contributed by atoms with Gasteiger partial charge in [-0.05, 0) is 31.6 Å². The lowest BCUT2D eigenvalue weighted by Crippen LogP contribution is -2.50. The van der Waals surface area contributed by atoms with Crippen LogP contribution in [0.4, 0.5) is 0 Å². The molecule has 1 aliphatic carbocycles. The minimum atomic E-state index is -3.75. The Morgan fingerprint density at radius 3 is 2.16 bits per heavy atom. The monoisotopic (exact) mass is 308 g/mol. The summed E-state index contributed by atoms with van der Waals surface area (Å²) in [7, 11) is -7.09. The molecule has 0 aromatic rings. The highest BCUT2D eigenvalue weighted by Gasteiger charge is 2.37. The zero-order chi connectivity index (χ0) is 14.7. The largest absolute Gasteiger partial charge is 0.229 e. The summed E-state index contributed by atoms with van der Waals surface area (Å²) in [5.41, 5.74) is -1.07. The molecule has 0 aliphatic heterocycles. The molecule has 0 aromatic heterocycles. The van der Waals surface area contributed by atoms with Gasteiger partial charge >= 0.3 is 0 Å². The maximum Gasteiger partial charge on any atom is 0.213 e. The normalized spacial score (nSPS) is 28.8. The van der Waals surface area contributed by atoms with Crippen LogP contribution >= 0.6 is 0 Å². The summed E-state index contributed by atoms with van der Waals surface area (Å²) in [6, 6.07) is 2.05. The molecule has 0 atom stereocenters. The molecular formula is C11H20N2O4S2. The average molecular weight is 308 g/mol. The maximum absolute atomic E-state index is 11.9. The number of sulfone groups is 1. The van der Waals surface area contributed by atoms with Crippen molar-refractivity contribution in [2.45, 2.75) is 38.1 Å². The fourth-order valence-corrected chi connectivity index (χ4v) is 5.14. The number of hydrogen-bond acceptors (Lipinski definition) is 5. The number of hydrogen-bond donors (Lipinski definition) is 1. The van der Waals surface area contributed by atoms with E-state index in [2.05, 4.69) is 17.7 Å². The Labute approximate surface area is 115 Å². The van der Waals surface area contributed by atoms with Crippen molar-refractivity contribution in [2.75, 3.05) is 17.8 Å². The highest BCUT2D eigenvalue weighted by atomic mass is 32.2. The zero-order valence-electron chi connectivity index (χ0n) is 11.2. The average Bonchev–Trinajstić information content (AvgIpc) is 2.29. The first-order valence-corrected chi connectivity index (χ1v) is 9.89. The van der Waals surface area contributed by atoms with Crippen LogP contribution in [0, 0.1) is 17.2 Å². The van der Waals surface area contributed by atoms with Gasteiger partial charge in [-0.25, -0.2) is 16.8 Å². The van der Waals surface area contributed by atoms with Crippen LogP contribution in [-0.4, -0.2) is 40.1 Å². The quantitative estimate of drug-likeness (QED) is 0.792. The van der Waals surface area contributed by atoms with Crippen molar-refractivity contribution in [3.05, 3.63) is 0 Å². The Morgan fingerprint density at radius 1 is 1.21 bits per heavy atom. The second-order valence-electron chi connectivity index (χ2n) is 5.43. The van der Waals surface area contributed by atoms with Crippen molar-refractivity contribution in [1.29, 1.82) is 5.26 Å². The number of rotatable bonds is 5. The molecule has 0 aromatic carbocycles. The molecule has 8 heteroatoms. The summed E-state index contributed by atoms with van der Waals surface area (Å²) in [4.78, 5) is 0. The third-order valence-corrected chi connectivity index (χ3v) is 6.06. The fraction of sp³-hybridized carbons (Fsp3) is 0.909. The Kier molecular flexibility index (Phi) is 4.98. The van der Waals surface area contributed by atoms with Crippen LogP contribution in [0.1, 0.15) is 32.6 Å². The van der Waals surface area contributed by atoms with Crippen molar-refractivity contribution < 1.29 is 16.8 Å². The number of nitrogens with zero attached hydrogens (tertiary/aromatic N) is 1. The highest BCUT2D eigenvalue weighted by molar-refractivity contribution is 7.93. The summed E-state index contributed by atoms with van der Waals surface area (Å²) in [5, 5.41) is 9.22. The molecule has 0 spiro atoms. The van der Waals surface area contributed by atoms with Crippen LogP contribution in [0.25, 0.3) is 0 Å². The van der Waals surface area contributed by atoms with Crippen molar-refractivity contribution in [3.8, 4) is 6.07 Å². The van der Waals surface area contributed by atoms with Gasteiger partial charge in [-0.3, -0.25) is 0 Å². The molecule has 0 bridgehead atoms. The molecule has 19 heavy (non-hydrogen) atoms. The van der Waals surface area contributed by atoms with Crippen LogP contribution in [-0.2, 0) is 19.9 Å². The minimum absolute atomic E-state index is 0.430. The molecule has 1 N–H and O–H groups in total. The molecule has 1 aliphatic rings. The van der Waals surface area contributed by atoms with Gasteiger partial charge in [-0.15, -0.1) is 0 Å². The first-order valence-electron chi connectivity index (χ1n) is 6.18. The molecule has 0 heterocycles. The summed E-state index contributed by atoms with van der Waals surface area (Å²) in [5.74, 6) is -0.438. The van der Waals surface area contributed by atoms with Crippen LogP contribution < -0.4 is 4.72 Å². The van der Waals surface area contributed by atoms with Crippen LogP contribution in [0.5, 0.6) is 0 Å². The second-order valence-corrected chi connectivity index (χ2v) is 9.53. The molecule has 1 fully saturated rings. The van der Waals surface area contributed by atoms with E-state index in [-0.39, 0.29) is 0 Å². The minimum Gasteiger partial charge on any atom is -0.229 e. The van der Waals surface area contributed by atoms with Crippen LogP contribution in [0.3, 0.4) is 0 Å². The maximum atomic E-state index is 11.9. The molecular weight excluding hydrogens is 288 g/mol. The second kappa shape index (κ2) is 5.77. The van der Waals surface area contributed by atoms with Gasteiger partial charge in [0.15, 0.2) is 0 Å². The predicted molar refractivity (Wildman–Crippen MR) is 72.6 cm³/mol. The lowest BCUT2D eigenvalue weighted by molar-refractivity contribution is 0.278. The van der Waals surface area contributed by atoms with Crippen molar-refractivity contribution in [1.82, 2.24) is 4.72 Å². The van der Waals surface area contributed by atoms with Gasteiger partial charge in [0, 0.05) is 6.26 Å². The Balaban J connectivity index is 2.73. The Bertz CT molecular complexity index is 552. The predicted octanol–water partition coefficient (Wildman–Crippen LogP) is 0.423. The van der Waals surface area contributed by atoms with Gasteiger partial charge in [0.2, 0.25) is 10.0 Å². The topological polar surface area (TPSA) is 104 Å². The Morgan fingerprint density at radius 2 is 1.74 bits per heavy atom. The first kappa shape index (κ1) is 16.4. The van der Waals surface area contributed by atoms with E-state index >= 15 is 0 Å². The van der Waals surface area contributed by atoms with Gasteiger partial charge in [0.25, 0.3) is 0 Å². The van der Waals surface area contributed by atoms with E-state index in [0.717, 1.165) is 19.1 Å². The number of nitriles is 1. The first-order chi connectivity index (χ1) is 8.58. The molecule has 0 saturated heterocycles. The zero-order valence-corrected chi connectivity index (χ0v) is 12.8. The third kappa shape index (κ3) is 5.47. The van der Waals surface area contributed by atoms with E-state index in [0.29, 0.717) is 18.8 Å². The molecule has 1 rings (SSSR count). The molecule has 110 valence electrons. The van der Waals surface area contributed by atoms with Gasteiger partial charge in [-0.1, -0.05) is 6.92 Å². The molecule has 0 amide bonds. The van der Waals surface area contributed by atoms with Crippen molar-refractivity contribution in [2.24, 2.45) is 5.92 Å². The van der Waals surface area contributed by atoms with E-state index in [1.165, 1.54) is 0 Å². The van der Waals surface area contributed by atoms with Gasteiger partial charge in [-0.2, -0.15) is 9.98 Å². The van der Waals surface area contributed by atoms with Gasteiger partial charge in [0.1, 0.15) is 15.4 Å². The summed E-state index contributed by atoms with van der Waals surface area (Å²) >= 11 is 0. The molecule has 0 unspecified atom stereocenters. The van der Waals surface area contributed by atoms with E-state index in [9.17, 15) is 22.1 Å². The summed E-state index contributed by atoms with van der Waals surface area (Å²) in [6.45, 7) is 2.07. The Hall–Kier alpha value is -0.650. The van der Waals surface area contributed by atoms with Crippen LogP contribution in [0.2, 0.25) is 0 Å². The summed E-state index contributed by atoms with van der Waals surface area (Å²) in [6.07, 6.45) is 3.53. The standard InChI is InChI=1S/C11H20N2O4S2/c1-10-3-5-11(9-12,6-4-10)13-19(16,17)8-7-18(2,14)15/h10,13H,3-8H2,1-2H3. The van der Waals surface area contributed by atoms with Gasteiger partial charge < -0.3 is 0 Å². The van der Waals surface area contributed by atoms with E-state index in [1.807, 2.05) is 0 Å². The molecule has 0 radical (unpaired) electrons. The van der Waals surface area contributed by atoms with Crippen LogP contribution in [0.15, 0.2) is 0 Å². The number of sulfonamides is 1. The smallest absolute Gasteiger partial charge is 0.213 e. The van der Waals surface area contributed by atoms with E-state index < -0.39 is 36.9 Å².